The smallest absolute Gasteiger partial charge is 0.481 e. The monoisotopic (exact) mass is 377 g/mol. The van der Waals surface area contributed by atoms with Crippen LogP contribution in [0, 0.1) is 5.82 Å². The molecule has 1 amide bonds. The van der Waals surface area contributed by atoms with Gasteiger partial charge in [0, 0.05) is 19.0 Å². The molecule has 146 valence electrons. The van der Waals surface area contributed by atoms with E-state index in [1.165, 1.54) is 25.1 Å². The highest BCUT2D eigenvalue weighted by molar-refractivity contribution is 6.56. The van der Waals surface area contributed by atoms with E-state index in [-0.39, 0.29) is 24.4 Å². The van der Waals surface area contributed by atoms with Gasteiger partial charge in [-0.2, -0.15) is 0 Å². The predicted molar refractivity (Wildman–Crippen MR) is 100 cm³/mol. The van der Waals surface area contributed by atoms with E-state index in [1.54, 1.807) is 6.08 Å². The van der Waals surface area contributed by atoms with Gasteiger partial charge in [0.2, 0.25) is 5.91 Å². The third-order valence-electron chi connectivity index (χ3n) is 4.85. The quantitative estimate of drug-likeness (QED) is 0.745. The maximum atomic E-state index is 14.3. The molecule has 0 bridgehead atoms. The van der Waals surface area contributed by atoms with Gasteiger partial charge in [-0.1, -0.05) is 12.1 Å². The molecule has 0 spiro atoms. The van der Waals surface area contributed by atoms with E-state index in [9.17, 15) is 14.0 Å². The van der Waals surface area contributed by atoms with Crippen LogP contribution in [0.15, 0.2) is 23.7 Å². The molecule has 0 aliphatic carbocycles. The summed E-state index contributed by atoms with van der Waals surface area (Å²) < 4.78 is 26.3. The van der Waals surface area contributed by atoms with Crippen molar-refractivity contribution in [2.24, 2.45) is 0 Å². The third-order valence-corrected chi connectivity index (χ3v) is 4.85. The van der Waals surface area contributed by atoms with Crippen molar-refractivity contribution in [3.8, 4) is 0 Å². The van der Waals surface area contributed by atoms with Gasteiger partial charge in [-0.15, -0.1) is 0 Å². The van der Waals surface area contributed by atoms with Crippen LogP contribution >= 0.6 is 0 Å². The Kier molecular flexibility index (Phi) is 6.12. The minimum atomic E-state index is -0.999. The molecule has 0 aromatic heterocycles. The largest absolute Gasteiger partial charge is 0.492 e. The van der Waals surface area contributed by atoms with Gasteiger partial charge in [0.05, 0.1) is 17.6 Å². The maximum absolute atomic E-state index is 14.3. The molecule has 1 fully saturated rings. The standard InChI is InChI=1S/C19H25BFNO5/c1-12(23)22-11-15(20-26-18(2,3)19(4,5)27-20)10-14-8-13(9-17(24)25)6-7-16(14)21/h6-8,10H,9,11H2,1-5H3,(H,22,23)(H,24,25). The van der Waals surface area contributed by atoms with Crippen molar-refractivity contribution < 1.29 is 28.4 Å². The van der Waals surface area contributed by atoms with Gasteiger partial charge in [0.1, 0.15) is 5.82 Å². The van der Waals surface area contributed by atoms with Crippen LogP contribution in [0.1, 0.15) is 45.7 Å². The Labute approximate surface area is 158 Å². The molecule has 2 N–H and O–H groups in total. The molecule has 1 aliphatic heterocycles. The second-order valence-electron chi connectivity index (χ2n) is 7.64. The predicted octanol–water partition coefficient (Wildman–Crippen LogP) is 2.60. The highest BCUT2D eigenvalue weighted by Crippen LogP contribution is 2.38. The van der Waals surface area contributed by atoms with E-state index < -0.39 is 30.1 Å². The van der Waals surface area contributed by atoms with E-state index >= 15 is 0 Å². The fraction of sp³-hybridized carbons (Fsp3) is 0.474. The summed E-state index contributed by atoms with van der Waals surface area (Å²) in [5.41, 5.74) is 0.0508. The fourth-order valence-corrected chi connectivity index (χ4v) is 2.61. The van der Waals surface area contributed by atoms with Crippen LogP contribution in [0.3, 0.4) is 0 Å². The van der Waals surface area contributed by atoms with Gasteiger partial charge >= 0.3 is 13.1 Å². The van der Waals surface area contributed by atoms with Crippen LogP contribution < -0.4 is 5.32 Å². The van der Waals surface area contributed by atoms with Gasteiger partial charge in [-0.25, -0.2) is 4.39 Å². The third kappa shape index (κ3) is 5.17. The summed E-state index contributed by atoms with van der Waals surface area (Å²) in [4.78, 5) is 22.3. The molecule has 6 nitrogen and oxygen atoms in total. The Morgan fingerprint density at radius 1 is 1.22 bits per heavy atom. The number of carboxylic acids is 1. The lowest BCUT2D eigenvalue weighted by atomic mass is 9.76. The first-order chi connectivity index (χ1) is 12.4. The van der Waals surface area contributed by atoms with Gasteiger partial charge in [-0.3, -0.25) is 9.59 Å². The zero-order chi connectivity index (χ0) is 20.4. The van der Waals surface area contributed by atoms with Crippen molar-refractivity contribution in [2.45, 2.75) is 52.2 Å². The molecule has 1 saturated heterocycles. The van der Waals surface area contributed by atoms with Crippen LogP contribution in [0.2, 0.25) is 0 Å². The number of nitrogens with one attached hydrogen (secondary N) is 1. The van der Waals surface area contributed by atoms with Crippen molar-refractivity contribution in [1.29, 1.82) is 0 Å². The first-order valence-electron chi connectivity index (χ1n) is 8.72. The lowest BCUT2D eigenvalue weighted by Gasteiger charge is -2.32. The van der Waals surface area contributed by atoms with E-state index in [0.717, 1.165) is 0 Å². The highest BCUT2D eigenvalue weighted by atomic mass is 19.1. The molecular formula is C19H25BFNO5. The summed E-state index contributed by atoms with van der Waals surface area (Å²) in [5.74, 6) is -1.74. The Morgan fingerprint density at radius 2 is 1.81 bits per heavy atom. The number of halogens is 1. The normalized spacial score (nSPS) is 18.4. The number of amides is 1. The molecule has 0 radical (unpaired) electrons. The van der Waals surface area contributed by atoms with E-state index in [4.69, 9.17) is 14.4 Å². The molecule has 0 atom stereocenters. The molecule has 1 aliphatic rings. The van der Waals surface area contributed by atoms with Crippen molar-refractivity contribution in [1.82, 2.24) is 5.32 Å². The second-order valence-corrected chi connectivity index (χ2v) is 7.64. The molecule has 8 heteroatoms. The first kappa shape index (κ1) is 21.1. The number of carbonyl (C=O) groups is 2. The van der Waals surface area contributed by atoms with Crippen molar-refractivity contribution >= 4 is 25.1 Å². The van der Waals surface area contributed by atoms with Crippen molar-refractivity contribution in [2.75, 3.05) is 6.54 Å². The minimum absolute atomic E-state index is 0.120. The van der Waals surface area contributed by atoms with Crippen LogP contribution in [0.5, 0.6) is 0 Å². The molecule has 27 heavy (non-hydrogen) atoms. The summed E-state index contributed by atoms with van der Waals surface area (Å²) >= 11 is 0. The van der Waals surface area contributed by atoms with Crippen LogP contribution in [-0.4, -0.2) is 41.8 Å². The molecular weight excluding hydrogens is 352 g/mol. The second kappa shape index (κ2) is 7.82. The Bertz CT molecular complexity index is 759. The molecule has 1 aromatic carbocycles. The molecule has 1 heterocycles. The highest BCUT2D eigenvalue weighted by Gasteiger charge is 2.52. The lowest BCUT2D eigenvalue weighted by Crippen LogP contribution is -2.41. The average molecular weight is 377 g/mol. The summed E-state index contributed by atoms with van der Waals surface area (Å²) in [6.45, 7) is 9.10. The Balaban J connectivity index is 2.39. The number of hydrogen-bond donors (Lipinski definition) is 2. The number of benzene rings is 1. The van der Waals surface area contributed by atoms with E-state index in [1.807, 2.05) is 27.7 Å². The van der Waals surface area contributed by atoms with Crippen LogP contribution in [-0.2, 0) is 25.3 Å². The number of aliphatic carboxylic acids is 1. The number of carbonyl (C=O) groups excluding carboxylic acids is 1. The minimum Gasteiger partial charge on any atom is -0.481 e. The Morgan fingerprint density at radius 3 is 2.33 bits per heavy atom. The fourth-order valence-electron chi connectivity index (χ4n) is 2.61. The lowest BCUT2D eigenvalue weighted by molar-refractivity contribution is -0.136. The molecule has 0 unspecified atom stereocenters. The zero-order valence-corrected chi connectivity index (χ0v) is 16.3. The number of carboxylic acid groups (broad SMARTS) is 1. The summed E-state index contributed by atoms with van der Waals surface area (Å²) in [7, 11) is -0.760. The van der Waals surface area contributed by atoms with Gasteiger partial charge in [0.25, 0.3) is 0 Å². The summed E-state index contributed by atoms with van der Waals surface area (Å²) in [6, 6.07) is 4.13. The number of rotatable bonds is 6. The SMILES string of the molecule is CC(=O)NCC(=Cc1cc(CC(=O)O)ccc1F)B1OC(C)(C)C(C)(C)O1. The van der Waals surface area contributed by atoms with Crippen molar-refractivity contribution in [3.05, 3.63) is 40.6 Å². The average Bonchev–Trinajstić information content (AvgIpc) is 2.73. The summed E-state index contributed by atoms with van der Waals surface area (Å²) in [5, 5.41) is 11.6. The molecule has 0 saturated carbocycles. The Hall–Kier alpha value is -2.19. The number of hydrogen-bond acceptors (Lipinski definition) is 4. The van der Waals surface area contributed by atoms with Gasteiger partial charge < -0.3 is 19.7 Å². The van der Waals surface area contributed by atoms with Gasteiger partial charge in [0.15, 0.2) is 0 Å². The molecule has 1 aromatic rings. The van der Waals surface area contributed by atoms with Crippen molar-refractivity contribution in [3.63, 3.8) is 0 Å². The van der Waals surface area contributed by atoms with Crippen LogP contribution in [0.25, 0.3) is 6.08 Å². The van der Waals surface area contributed by atoms with Gasteiger partial charge in [-0.05, 0) is 50.9 Å². The van der Waals surface area contributed by atoms with E-state index in [2.05, 4.69) is 5.32 Å². The molecule has 2 rings (SSSR count). The van der Waals surface area contributed by atoms with Crippen LogP contribution in [0.4, 0.5) is 4.39 Å². The maximum Gasteiger partial charge on any atom is 0.492 e. The first-order valence-corrected chi connectivity index (χ1v) is 8.72. The zero-order valence-electron chi connectivity index (χ0n) is 16.3. The summed E-state index contributed by atoms with van der Waals surface area (Å²) in [6.07, 6.45) is 1.33. The topological polar surface area (TPSA) is 84.9 Å². The van der Waals surface area contributed by atoms with E-state index in [0.29, 0.717) is 11.0 Å².